The molecule has 0 saturated carbocycles. The van der Waals surface area contributed by atoms with Gasteiger partial charge >= 0.3 is 5.97 Å². The number of unbranched alkanes of at least 4 members (excludes halogenated alkanes) is 4. The molecule has 0 aliphatic heterocycles. The van der Waals surface area contributed by atoms with Crippen LogP contribution in [0.3, 0.4) is 0 Å². The molecule has 0 spiro atoms. The van der Waals surface area contributed by atoms with Crippen molar-refractivity contribution in [3.05, 3.63) is 0 Å². The predicted molar refractivity (Wildman–Crippen MR) is 115 cm³/mol. The van der Waals surface area contributed by atoms with Crippen molar-refractivity contribution in [2.75, 3.05) is 26.2 Å². The van der Waals surface area contributed by atoms with Gasteiger partial charge in [-0.2, -0.15) is 0 Å². The van der Waals surface area contributed by atoms with E-state index >= 15 is 0 Å². The number of carboxylic acids is 2. The largest absolute Gasteiger partial charge is 0.549 e. The molecule has 28 heavy (non-hydrogen) atoms. The lowest BCUT2D eigenvalue weighted by Crippen LogP contribution is -2.50. The molecule has 0 aliphatic carbocycles. The number of carbonyl (C=O) groups excluding carboxylic acids is 1. The van der Waals surface area contributed by atoms with Crippen molar-refractivity contribution in [1.29, 1.82) is 0 Å². The highest BCUT2D eigenvalue weighted by Crippen LogP contribution is 2.25. The van der Waals surface area contributed by atoms with E-state index in [2.05, 4.69) is 27.7 Å². The number of nitrogens with zero attached hydrogens (tertiary/aromatic N) is 1. The van der Waals surface area contributed by atoms with Gasteiger partial charge in [0.1, 0.15) is 5.41 Å². The summed E-state index contributed by atoms with van der Waals surface area (Å²) in [6.45, 7) is 18.1. The normalized spacial score (nSPS) is 11.6. The first kappa shape index (κ1) is 29.1. The van der Waals surface area contributed by atoms with Crippen molar-refractivity contribution in [2.24, 2.45) is 5.41 Å². The quantitative estimate of drug-likeness (QED) is 0.302. The molecule has 0 atom stereocenters. The molecule has 0 fully saturated rings. The molecule has 5 heteroatoms. The van der Waals surface area contributed by atoms with E-state index in [-0.39, 0.29) is 12.8 Å². The fourth-order valence-electron chi connectivity index (χ4n) is 3.57. The second-order valence-corrected chi connectivity index (χ2v) is 8.03. The van der Waals surface area contributed by atoms with Gasteiger partial charge in [0.15, 0.2) is 0 Å². The van der Waals surface area contributed by atoms with Crippen molar-refractivity contribution >= 4 is 11.9 Å². The number of rotatable bonds is 16. The van der Waals surface area contributed by atoms with Crippen LogP contribution in [0.15, 0.2) is 0 Å². The van der Waals surface area contributed by atoms with E-state index in [1.54, 1.807) is 0 Å². The van der Waals surface area contributed by atoms with Crippen LogP contribution in [-0.2, 0) is 9.59 Å². The van der Waals surface area contributed by atoms with Crippen molar-refractivity contribution in [3.63, 3.8) is 0 Å². The molecular weight excluding hydrogens is 354 g/mol. The van der Waals surface area contributed by atoms with E-state index in [0.29, 0.717) is 0 Å². The number of aliphatic carboxylic acids is 2. The lowest BCUT2D eigenvalue weighted by Gasteiger charge is -2.39. The molecule has 0 aliphatic rings. The Morgan fingerprint density at radius 3 is 1.11 bits per heavy atom. The van der Waals surface area contributed by atoms with Gasteiger partial charge in [-0.1, -0.05) is 67.2 Å². The fourth-order valence-corrected chi connectivity index (χ4v) is 3.57. The summed E-state index contributed by atoms with van der Waals surface area (Å²) >= 11 is 0. The number of carboxylic acid groups (broad SMARTS) is 2. The van der Waals surface area contributed by atoms with Gasteiger partial charge in [-0.3, -0.25) is 4.79 Å². The lowest BCUT2D eigenvalue weighted by atomic mass is 9.83. The topological polar surface area (TPSA) is 77.4 Å². The number of hydrogen-bond acceptors (Lipinski definition) is 3. The Bertz CT molecular complexity index is 352. The molecule has 0 rings (SSSR count). The van der Waals surface area contributed by atoms with Crippen molar-refractivity contribution in [1.82, 2.24) is 0 Å². The first-order chi connectivity index (χ1) is 13.3. The van der Waals surface area contributed by atoms with Gasteiger partial charge in [0.25, 0.3) is 0 Å². The van der Waals surface area contributed by atoms with E-state index in [1.165, 1.54) is 95.9 Å². The zero-order chi connectivity index (χ0) is 22.1. The van der Waals surface area contributed by atoms with Crippen LogP contribution in [0.5, 0.6) is 0 Å². The minimum atomic E-state index is -1.69. The minimum Gasteiger partial charge on any atom is -0.549 e. The maximum atomic E-state index is 10.5. The van der Waals surface area contributed by atoms with Gasteiger partial charge < -0.3 is 19.5 Å². The van der Waals surface area contributed by atoms with Gasteiger partial charge in [0, 0.05) is 0 Å². The number of quaternary nitrogens is 1. The summed E-state index contributed by atoms with van der Waals surface area (Å²) in [5.41, 5.74) is -1.69. The first-order valence-corrected chi connectivity index (χ1v) is 11.6. The molecule has 5 nitrogen and oxygen atoms in total. The van der Waals surface area contributed by atoms with E-state index in [1.807, 2.05) is 0 Å². The summed E-state index contributed by atoms with van der Waals surface area (Å²) in [6.07, 6.45) is 11.2. The van der Waals surface area contributed by atoms with Gasteiger partial charge in [0.05, 0.1) is 32.1 Å². The Hall–Kier alpha value is -1.10. The zero-order valence-corrected chi connectivity index (χ0v) is 19.5. The highest BCUT2D eigenvalue weighted by molar-refractivity contribution is 5.97. The highest BCUT2D eigenvalue weighted by atomic mass is 16.4. The van der Waals surface area contributed by atoms with Crippen LogP contribution in [0.2, 0.25) is 0 Å². The SMILES string of the molecule is CCC(CC)(C(=O)[O-])C(=O)O.CCCC[N+](CCCC)(CCCC)CCCC. The lowest BCUT2D eigenvalue weighted by molar-refractivity contribution is -0.929. The van der Waals surface area contributed by atoms with Crippen LogP contribution in [0, 0.1) is 5.41 Å². The van der Waals surface area contributed by atoms with Crippen LogP contribution >= 0.6 is 0 Å². The first-order valence-electron chi connectivity index (χ1n) is 11.6. The molecule has 0 radical (unpaired) electrons. The standard InChI is InChI=1S/C16H36N.C7H12O4/c1-5-9-13-17(14-10-6-2,15-11-7-3)16-12-8-4;1-3-7(4-2,5(8)9)6(10)11/h5-16H2,1-4H3;3-4H2,1-2H3,(H,8,9)(H,10,11)/q+1;/p-1. The molecule has 0 aromatic carbocycles. The van der Waals surface area contributed by atoms with Crippen LogP contribution in [0.4, 0.5) is 0 Å². The van der Waals surface area contributed by atoms with Crippen LogP contribution < -0.4 is 5.11 Å². The molecule has 0 unspecified atom stereocenters. The molecule has 0 aromatic rings. The Labute approximate surface area is 174 Å². The average molecular weight is 402 g/mol. The second kappa shape index (κ2) is 16.8. The van der Waals surface area contributed by atoms with E-state index in [9.17, 15) is 14.7 Å². The Kier molecular flexibility index (Phi) is 17.5. The van der Waals surface area contributed by atoms with Gasteiger partial charge in [-0.25, -0.2) is 0 Å². The number of carbonyl (C=O) groups is 2. The van der Waals surface area contributed by atoms with Crippen LogP contribution in [-0.4, -0.2) is 47.7 Å². The highest BCUT2D eigenvalue weighted by Gasteiger charge is 2.36. The summed E-state index contributed by atoms with van der Waals surface area (Å²) < 4.78 is 1.42. The van der Waals surface area contributed by atoms with E-state index in [4.69, 9.17) is 5.11 Å². The molecule has 0 bridgehead atoms. The smallest absolute Gasteiger partial charge is 0.315 e. The fraction of sp³-hybridized carbons (Fsp3) is 0.913. The molecule has 0 amide bonds. The molecular formula is C23H47NO4. The summed E-state index contributed by atoms with van der Waals surface area (Å²) in [4.78, 5) is 20.9. The Balaban J connectivity index is 0. The Morgan fingerprint density at radius 1 is 0.714 bits per heavy atom. The predicted octanol–water partition coefficient (Wildman–Crippen LogP) is 4.63. The van der Waals surface area contributed by atoms with Gasteiger partial charge in [-0.05, 0) is 38.5 Å². The zero-order valence-electron chi connectivity index (χ0n) is 19.5. The van der Waals surface area contributed by atoms with E-state index < -0.39 is 17.4 Å². The third-order valence-electron chi connectivity index (χ3n) is 5.95. The number of hydrogen-bond donors (Lipinski definition) is 1. The average Bonchev–Trinajstić information content (AvgIpc) is 2.68. The Morgan fingerprint density at radius 2 is 1.00 bits per heavy atom. The third-order valence-corrected chi connectivity index (χ3v) is 5.95. The van der Waals surface area contributed by atoms with Crippen LogP contribution in [0.1, 0.15) is 106 Å². The van der Waals surface area contributed by atoms with Crippen molar-refractivity contribution in [2.45, 2.75) is 106 Å². The van der Waals surface area contributed by atoms with E-state index in [0.717, 1.165) is 0 Å². The second-order valence-electron chi connectivity index (χ2n) is 8.03. The summed E-state index contributed by atoms with van der Waals surface area (Å²) in [5, 5.41) is 19.0. The van der Waals surface area contributed by atoms with Crippen molar-refractivity contribution in [3.8, 4) is 0 Å². The molecule has 168 valence electrons. The molecule has 0 saturated heterocycles. The minimum absolute atomic E-state index is 0.0567. The van der Waals surface area contributed by atoms with Crippen LogP contribution in [0.25, 0.3) is 0 Å². The monoisotopic (exact) mass is 401 g/mol. The summed E-state index contributed by atoms with van der Waals surface area (Å²) in [5.74, 6) is -2.82. The summed E-state index contributed by atoms with van der Waals surface area (Å²) in [6, 6.07) is 0. The van der Waals surface area contributed by atoms with Crippen molar-refractivity contribution < 1.29 is 24.3 Å². The maximum Gasteiger partial charge on any atom is 0.315 e. The molecule has 0 aromatic heterocycles. The maximum absolute atomic E-state index is 10.5. The van der Waals surface area contributed by atoms with Gasteiger partial charge in [-0.15, -0.1) is 0 Å². The molecule has 1 N–H and O–H groups in total. The molecule has 0 heterocycles. The third kappa shape index (κ3) is 10.4. The van der Waals surface area contributed by atoms with Gasteiger partial charge in [0.2, 0.25) is 0 Å². The summed E-state index contributed by atoms with van der Waals surface area (Å²) in [7, 11) is 0.